The average Bonchev–Trinajstić information content (AvgIpc) is 3.30. The van der Waals surface area contributed by atoms with Crippen molar-refractivity contribution in [3.8, 4) is 5.75 Å². The first-order valence-electron chi connectivity index (χ1n) is 9.17. The smallest absolute Gasteiger partial charge is 0.371 e. The van der Waals surface area contributed by atoms with E-state index in [1.807, 2.05) is 12.1 Å². The van der Waals surface area contributed by atoms with Crippen LogP contribution >= 0.6 is 0 Å². The number of fused-ring (bicyclic) bond motifs is 1. The lowest BCUT2D eigenvalue weighted by molar-refractivity contribution is 0.0658. The fraction of sp³-hybridized carbons (Fsp3) is 0.450. The molecule has 3 heterocycles. The summed E-state index contributed by atoms with van der Waals surface area (Å²) in [5.74, 6) is 0.115. The van der Waals surface area contributed by atoms with E-state index in [2.05, 4.69) is 21.9 Å². The minimum Gasteiger partial charge on any atom is -0.486 e. The van der Waals surface area contributed by atoms with E-state index in [1.54, 1.807) is 6.07 Å². The van der Waals surface area contributed by atoms with Crippen molar-refractivity contribution in [1.29, 1.82) is 0 Å². The molecule has 0 radical (unpaired) electrons. The molecule has 6 nitrogen and oxygen atoms in total. The minimum absolute atomic E-state index is 0.0682. The molecular formula is C20H24N2O4. The lowest BCUT2D eigenvalue weighted by Gasteiger charge is -2.37. The summed E-state index contributed by atoms with van der Waals surface area (Å²) in [5, 5.41) is 8.86. The normalized spacial score (nSPS) is 20.8. The molecule has 1 atom stereocenters. The van der Waals surface area contributed by atoms with Gasteiger partial charge in [-0.25, -0.2) is 4.79 Å². The van der Waals surface area contributed by atoms with Crippen LogP contribution in [0, 0.1) is 0 Å². The Morgan fingerprint density at radius 2 is 2.00 bits per heavy atom. The Morgan fingerprint density at radius 1 is 1.15 bits per heavy atom. The van der Waals surface area contributed by atoms with Gasteiger partial charge in [-0.2, -0.15) is 0 Å². The van der Waals surface area contributed by atoms with E-state index in [0.29, 0.717) is 5.76 Å². The Bertz CT molecular complexity index is 755. The number of nitrogens with zero attached hydrogens (tertiary/aromatic N) is 2. The number of benzene rings is 1. The molecule has 2 aliphatic heterocycles. The van der Waals surface area contributed by atoms with Crippen LogP contribution in [0.4, 0.5) is 0 Å². The van der Waals surface area contributed by atoms with E-state index in [-0.39, 0.29) is 12.4 Å². The Hall–Kier alpha value is -2.31. The van der Waals surface area contributed by atoms with Gasteiger partial charge in [0.05, 0.1) is 0 Å². The van der Waals surface area contributed by atoms with Crippen molar-refractivity contribution in [2.24, 2.45) is 0 Å². The molecule has 0 spiro atoms. The third-order valence-corrected chi connectivity index (χ3v) is 5.25. The summed E-state index contributed by atoms with van der Waals surface area (Å²) in [6.07, 6.45) is 2.67. The number of hydrogen-bond acceptors (Lipinski definition) is 5. The molecule has 0 saturated carbocycles. The number of carbonyl (C=O) groups is 1. The molecule has 2 aromatic rings. The van der Waals surface area contributed by atoms with E-state index < -0.39 is 5.97 Å². The monoisotopic (exact) mass is 356 g/mol. The molecule has 138 valence electrons. The molecule has 2 aliphatic rings. The van der Waals surface area contributed by atoms with Crippen molar-refractivity contribution >= 4 is 5.97 Å². The van der Waals surface area contributed by atoms with E-state index >= 15 is 0 Å². The predicted octanol–water partition coefficient (Wildman–Crippen LogP) is 2.84. The Kier molecular flexibility index (Phi) is 4.95. The molecule has 0 amide bonds. The largest absolute Gasteiger partial charge is 0.486 e. The standard InChI is InChI=1S/C20H24N2O4/c23-20(24)19-8-7-18(26-19)14-25-17-5-3-15(4-6-17)12-21-10-11-22-9-1-2-16(22)13-21/h3-8,16H,1-2,9-14H2,(H,23,24)/t16-/m1/s1. The van der Waals surface area contributed by atoms with Crippen LogP contribution < -0.4 is 4.74 Å². The summed E-state index contributed by atoms with van der Waals surface area (Å²) in [4.78, 5) is 16.0. The summed E-state index contributed by atoms with van der Waals surface area (Å²) >= 11 is 0. The van der Waals surface area contributed by atoms with Crippen molar-refractivity contribution in [1.82, 2.24) is 9.80 Å². The molecule has 2 fully saturated rings. The second kappa shape index (κ2) is 7.51. The Labute approximate surface area is 153 Å². The number of piperazine rings is 1. The van der Waals surface area contributed by atoms with Gasteiger partial charge in [0.15, 0.2) is 0 Å². The van der Waals surface area contributed by atoms with E-state index in [1.165, 1.54) is 44.1 Å². The molecule has 1 N–H and O–H groups in total. The second-order valence-corrected chi connectivity index (χ2v) is 7.07. The minimum atomic E-state index is -1.07. The lowest BCUT2D eigenvalue weighted by Crippen LogP contribution is -2.49. The molecule has 1 aromatic heterocycles. The summed E-state index contributed by atoms with van der Waals surface area (Å²) in [6, 6.07) is 11.9. The van der Waals surface area contributed by atoms with Gasteiger partial charge in [0.2, 0.25) is 5.76 Å². The number of carboxylic acids is 1. The molecular weight excluding hydrogens is 332 g/mol. The summed E-state index contributed by atoms with van der Waals surface area (Å²) in [6.45, 7) is 5.96. The molecule has 1 aromatic carbocycles. The highest BCUT2D eigenvalue weighted by Gasteiger charge is 2.30. The van der Waals surface area contributed by atoms with E-state index in [4.69, 9.17) is 14.3 Å². The summed E-state index contributed by atoms with van der Waals surface area (Å²) in [7, 11) is 0. The molecule has 0 bridgehead atoms. The number of furan rings is 1. The number of hydrogen-bond donors (Lipinski definition) is 1. The maximum atomic E-state index is 10.8. The number of ether oxygens (including phenoxy) is 1. The maximum absolute atomic E-state index is 10.8. The zero-order chi connectivity index (χ0) is 17.9. The highest BCUT2D eigenvalue weighted by Crippen LogP contribution is 2.23. The van der Waals surface area contributed by atoms with Crippen molar-refractivity contribution < 1.29 is 19.1 Å². The molecule has 2 saturated heterocycles. The van der Waals surface area contributed by atoms with Gasteiger partial charge in [0.25, 0.3) is 0 Å². The maximum Gasteiger partial charge on any atom is 0.371 e. The van der Waals surface area contributed by atoms with Gasteiger partial charge < -0.3 is 14.3 Å². The zero-order valence-electron chi connectivity index (χ0n) is 14.8. The molecule has 0 unspecified atom stereocenters. The highest BCUT2D eigenvalue weighted by atomic mass is 16.5. The molecule has 26 heavy (non-hydrogen) atoms. The first-order chi connectivity index (χ1) is 12.7. The predicted molar refractivity (Wildman–Crippen MR) is 96.3 cm³/mol. The van der Waals surface area contributed by atoms with Crippen LogP contribution in [-0.4, -0.2) is 53.1 Å². The summed E-state index contributed by atoms with van der Waals surface area (Å²) < 4.78 is 10.9. The van der Waals surface area contributed by atoms with Crippen molar-refractivity contribution in [3.05, 3.63) is 53.5 Å². The lowest BCUT2D eigenvalue weighted by atomic mass is 10.1. The van der Waals surface area contributed by atoms with Gasteiger partial charge in [-0.1, -0.05) is 12.1 Å². The van der Waals surface area contributed by atoms with Crippen LogP contribution in [0.3, 0.4) is 0 Å². The fourth-order valence-corrected chi connectivity index (χ4v) is 3.87. The first-order valence-corrected chi connectivity index (χ1v) is 9.17. The highest BCUT2D eigenvalue weighted by molar-refractivity contribution is 5.84. The van der Waals surface area contributed by atoms with Crippen molar-refractivity contribution in [3.63, 3.8) is 0 Å². The number of carboxylic acid groups (broad SMARTS) is 1. The Morgan fingerprint density at radius 3 is 2.77 bits per heavy atom. The third kappa shape index (κ3) is 3.92. The Balaban J connectivity index is 1.28. The van der Waals surface area contributed by atoms with E-state index in [0.717, 1.165) is 24.9 Å². The van der Waals surface area contributed by atoms with E-state index in [9.17, 15) is 4.79 Å². The second-order valence-electron chi connectivity index (χ2n) is 7.07. The first kappa shape index (κ1) is 17.1. The number of aromatic carboxylic acids is 1. The van der Waals surface area contributed by atoms with Gasteiger partial charge >= 0.3 is 5.97 Å². The van der Waals surface area contributed by atoms with Crippen LogP contribution in [0.1, 0.15) is 34.7 Å². The summed E-state index contributed by atoms with van der Waals surface area (Å²) in [5.41, 5.74) is 1.29. The van der Waals surface area contributed by atoms with Crippen molar-refractivity contribution in [2.45, 2.75) is 32.0 Å². The fourth-order valence-electron chi connectivity index (χ4n) is 3.87. The van der Waals surface area contributed by atoms with Crippen LogP contribution in [0.5, 0.6) is 5.75 Å². The zero-order valence-corrected chi connectivity index (χ0v) is 14.8. The quantitative estimate of drug-likeness (QED) is 0.859. The average molecular weight is 356 g/mol. The topological polar surface area (TPSA) is 66.2 Å². The molecule has 4 rings (SSSR count). The van der Waals surface area contributed by atoms with Gasteiger partial charge in [-0.15, -0.1) is 0 Å². The van der Waals surface area contributed by atoms with Crippen LogP contribution in [0.2, 0.25) is 0 Å². The number of rotatable bonds is 6. The van der Waals surface area contributed by atoms with Gasteiger partial charge in [0.1, 0.15) is 18.1 Å². The van der Waals surface area contributed by atoms with Crippen LogP contribution in [0.25, 0.3) is 0 Å². The third-order valence-electron chi connectivity index (χ3n) is 5.25. The van der Waals surface area contributed by atoms with Gasteiger partial charge in [-0.3, -0.25) is 9.80 Å². The van der Waals surface area contributed by atoms with Crippen LogP contribution in [-0.2, 0) is 13.2 Å². The van der Waals surface area contributed by atoms with Gasteiger partial charge in [-0.05, 0) is 49.2 Å². The molecule has 6 heteroatoms. The molecule has 0 aliphatic carbocycles. The van der Waals surface area contributed by atoms with Gasteiger partial charge in [0, 0.05) is 32.2 Å². The SMILES string of the molecule is O=C(O)c1ccc(COc2ccc(CN3CCN4CCC[C@@H]4C3)cc2)o1. The van der Waals surface area contributed by atoms with Crippen LogP contribution in [0.15, 0.2) is 40.8 Å². The van der Waals surface area contributed by atoms with Crippen molar-refractivity contribution in [2.75, 3.05) is 26.2 Å².